The number of hydrogen-bond acceptors (Lipinski definition) is 7. The van der Waals surface area contributed by atoms with Crippen molar-refractivity contribution in [2.24, 2.45) is 0 Å². The summed E-state index contributed by atoms with van der Waals surface area (Å²) in [6.07, 6.45) is -1.52. The van der Waals surface area contributed by atoms with Crippen LogP contribution in [0.4, 0.5) is 0 Å². The maximum atomic E-state index is 11.8. The molecular formula is C12H16N2O7. The minimum absolute atomic E-state index is 0.0481. The van der Waals surface area contributed by atoms with E-state index in [9.17, 15) is 19.5 Å². The lowest BCUT2D eigenvalue weighted by atomic mass is 10.2. The number of hydrogen-bond donors (Lipinski definition) is 3. The molecule has 3 N–H and O–H groups in total. The largest absolute Gasteiger partial charge is 0.469 e. The van der Waals surface area contributed by atoms with Gasteiger partial charge in [0.15, 0.2) is 0 Å². The fourth-order valence-electron chi connectivity index (χ4n) is 2.14. The van der Waals surface area contributed by atoms with Crippen molar-refractivity contribution in [1.82, 2.24) is 9.55 Å². The molecule has 1 aromatic heterocycles. The first-order chi connectivity index (χ1) is 9.96. The van der Waals surface area contributed by atoms with Gasteiger partial charge in [0.1, 0.15) is 12.3 Å². The summed E-state index contributed by atoms with van der Waals surface area (Å²) < 4.78 is 10.9. The van der Waals surface area contributed by atoms with Crippen LogP contribution in [0.5, 0.6) is 0 Å². The Kier molecular flexibility index (Phi) is 4.56. The van der Waals surface area contributed by atoms with Crippen LogP contribution in [0.1, 0.15) is 18.2 Å². The average molecular weight is 300 g/mol. The highest BCUT2D eigenvalue weighted by atomic mass is 16.5. The molecule has 9 heteroatoms. The summed E-state index contributed by atoms with van der Waals surface area (Å²) >= 11 is 0. The standard InChI is InChI=1S/C12H16N2O7/c1-20-10(17)2-6-4-14(12(19)13-11(6)18)9-3-7(16)8(5-15)21-9/h4,7-9,15-16H,2-3,5H2,1H3,(H,13,18,19)/t7-,8+,9+/m1/s1. The Morgan fingerprint density at radius 1 is 1.57 bits per heavy atom. The highest BCUT2D eigenvalue weighted by Gasteiger charge is 2.35. The maximum absolute atomic E-state index is 11.8. The van der Waals surface area contributed by atoms with Gasteiger partial charge in [0.25, 0.3) is 5.56 Å². The van der Waals surface area contributed by atoms with Crippen LogP contribution < -0.4 is 11.2 Å². The lowest BCUT2D eigenvalue weighted by molar-refractivity contribution is -0.139. The van der Waals surface area contributed by atoms with E-state index in [2.05, 4.69) is 9.72 Å². The summed E-state index contributed by atoms with van der Waals surface area (Å²) in [4.78, 5) is 36.8. The van der Waals surface area contributed by atoms with Crippen molar-refractivity contribution < 1.29 is 24.5 Å². The number of rotatable bonds is 4. The Balaban J connectivity index is 2.32. The third kappa shape index (κ3) is 3.20. The normalized spacial score (nSPS) is 25.0. The molecule has 9 nitrogen and oxygen atoms in total. The molecule has 0 aliphatic carbocycles. The van der Waals surface area contributed by atoms with Crippen molar-refractivity contribution in [1.29, 1.82) is 0 Å². The van der Waals surface area contributed by atoms with Gasteiger partial charge in [-0.3, -0.25) is 19.1 Å². The van der Waals surface area contributed by atoms with Gasteiger partial charge < -0.3 is 19.7 Å². The minimum atomic E-state index is -0.914. The van der Waals surface area contributed by atoms with Crippen molar-refractivity contribution in [3.8, 4) is 0 Å². The third-order valence-electron chi connectivity index (χ3n) is 3.30. The van der Waals surface area contributed by atoms with E-state index < -0.39 is 35.7 Å². The highest BCUT2D eigenvalue weighted by molar-refractivity contribution is 5.72. The van der Waals surface area contributed by atoms with Crippen molar-refractivity contribution in [3.05, 3.63) is 32.6 Å². The van der Waals surface area contributed by atoms with Gasteiger partial charge in [-0.1, -0.05) is 0 Å². The highest BCUT2D eigenvalue weighted by Crippen LogP contribution is 2.27. The van der Waals surface area contributed by atoms with Gasteiger partial charge in [-0.25, -0.2) is 4.79 Å². The van der Waals surface area contributed by atoms with E-state index in [0.717, 1.165) is 4.57 Å². The molecule has 2 heterocycles. The molecule has 1 aliphatic heterocycles. The molecule has 1 fully saturated rings. The Hall–Kier alpha value is -1.97. The molecular weight excluding hydrogens is 284 g/mol. The van der Waals surface area contributed by atoms with E-state index in [4.69, 9.17) is 9.84 Å². The summed E-state index contributed by atoms with van der Waals surface area (Å²) in [6.45, 7) is -0.384. The van der Waals surface area contributed by atoms with E-state index in [1.165, 1.54) is 13.3 Å². The van der Waals surface area contributed by atoms with Crippen molar-refractivity contribution in [2.45, 2.75) is 31.3 Å². The molecule has 1 saturated heterocycles. The first-order valence-electron chi connectivity index (χ1n) is 6.31. The van der Waals surface area contributed by atoms with Crippen molar-refractivity contribution >= 4 is 5.97 Å². The zero-order valence-electron chi connectivity index (χ0n) is 11.3. The molecule has 21 heavy (non-hydrogen) atoms. The molecule has 3 atom stereocenters. The Morgan fingerprint density at radius 3 is 2.86 bits per heavy atom. The van der Waals surface area contributed by atoms with Crippen molar-refractivity contribution in [3.63, 3.8) is 0 Å². The number of aliphatic hydroxyl groups is 2. The topological polar surface area (TPSA) is 131 Å². The average Bonchev–Trinajstić information content (AvgIpc) is 2.82. The van der Waals surface area contributed by atoms with Gasteiger partial charge in [-0.05, 0) is 0 Å². The number of nitrogens with zero attached hydrogens (tertiary/aromatic N) is 1. The molecule has 2 rings (SSSR count). The summed E-state index contributed by atoms with van der Waals surface area (Å²) in [5, 5.41) is 18.7. The zero-order chi connectivity index (χ0) is 15.6. The second-order valence-electron chi connectivity index (χ2n) is 4.69. The van der Waals surface area contributed by atoms with Crippen LogP contribution in [-0.4, -0.2) is 51.7 Å². The van der Waals surface area contributed by atoms with Crippen LogP contribution in [0.25, 0.3) is 0 Å². The molecule has 1 aliphatic rings. The first-order valence-corrected chi connectivity index (χ1v) is 6.31. The van der Waals surface area contributed by atoms with Gasteiger partial charge in [0, 0.05) is 18.2 Å². The number of nitrogens with one attached hydrogen (secondary N) is 1. The van der Waals surface area contributed by atoms with Crippen LogP contribution in [0, 0.1) is 0 Å². The van der Waals surface area contributed by atoms with Crippen LogP contribution in [0.3, 0.4) is 0 Å². The number of aliphatic hydroxyl groups excluding tert-OH is 2. The second-order valence-corrected chi connectivity index (χ2v) is 4.69. The predicted octanol–water partition coefficient (Wildman–Crippen LogP) is -2.11. The molecule has 0 aromatic carbocycles. The SMILES string of the molecule is COC(=O)Cc1cn([C@@H]2C[C@@H](O)[C@H](CO)O2)c(=O)[nH]c1=O. The quantitative estimate of drug-likeness (QED) is 0.542. The number of carbonyl (C=O) groups excluding carboxylic acids is 1. The minimum Gasteiger partial charge on any atom is -0.469 e. The van der Waals surface area contributed by atoms with Crippen molar-refractivity contribution in [2.75, 3.05) is 13.7 Å². The van der Waals surface area contributed by atoms with Crippen LogP contribution in [-0.2, 0) is 20.7 Å². The molecule has 0 saturated carbocycles. The number of methoxy groups -OCH3 is 1. The summed E-state index contributed by atoms with van der Waals surface area (Å²) in [6, 6.07) is 0. The van der Waals surface area contributed by atoms with Gasteiger partial charge in [0.2, 0.25) is 0 Å². The van der Waals surface area contributed by atoms with Gasteiger partial charge >= 0.3 is 11.7 Å². The van der Waals surface area contributed by atoms with E-state index in [1.54, 1.807) is 0 Å². The van der Waals surface area contributed by atoms with E-state index in [0.29, 0.717) is 0 Å². The van der Waals surface area contributed by atoms with Gasteiger partial charge in [0.05, 0.1) is 26.2 Å². The molecule has 0 amide bonds. The number of H-pyrrole nitrogens is 1. The van der Waals surface area contributed by atoms with E-state index in [-0.39, 0.29) is 25.0 Å². The Bertz CT molecular complexity index is 635. The smallest absolute Gasteiger partial charge is 0.330 e. The van der Waals surface area contributed by atoms with Gasteiger partial charge in [-0.15, -0.1) is 0 Å². The lowest BCUT2D eigenvalue weighted by Crippen LogP contribution is -2.35. The molecule has 0 spiro atoms. The number of aromatic nitrogens is 2. The van der Waals surface area contributed by atoms with Crippen LogP contribution >= 0.6 is 0 Å². The fourth-order valence-corrected chi connectivity index (χ4v) is 2.14. The maximum Gasteiger partial charge on any atom is 0.330 e. The van der Waals surface area contributed by atoms with Crippen LogP contribution in [0.2, 0.25) is 0 Å². The second kappa shape index (κ2) is 6.20. The predicted molar refractivity (Wildman–Crippen MR) is 68.7 cm³/mol. The monoisotopic (exact) mass is 300 g/mol. The number of ether oxygens (including phenoxy) is 2. The van der Waals surface area contributed by atoms with Crippen LogP contribution in [0.15, 0.2) is 15.8 Å². The first kappa shape index (κ1) is 15.4. The number of aromatic amines is 1. The van der Waals surface area contributed by atoms with E-state index in [1.807, 2.05) is 0 Å². The fraction of sp³-hybridized carbons (Fsp3) is 0.583. The Morgan fingerprint density at radius 2 is 2.29 bits per heavy atom. The molecule has 116 valence electrons. The third-order valence-corrected chi connectivity index (χ3v) is 3.30. The molecule has 0 bridgehead atoms. The molecule has 1 aromatic rings. The summed E-state index contributed by atoms with van der Waals surface area (Å²) in [7, 11) is 1.19. The Labute approximate surface area is 118 Å². The number of carbonyl (C=O) groups is 1. The summed E-state index contributed by atoms with van der Waals surface area (Å²) in [5.41, 5.74) is -1.35. The molecule has 0 radical (unpaired) electrons. The van der Waals surface area contributed by atoms with Gasteiger partial charge in [-0.2, -0.15) is 0 Å². The summed E-state index contributed by atoms with van der Waals surface area (Å²) in [5.74, 6) is -0.619. The van der Waals surface area contributed by atoms with E-state index >= 15 is 0 Å². The number of esters is 1. The molecule has 0 unspecified atom stereocenters. The zero-order valence-corrected chi connectivity index (χ0v) is 11.3. The lowest BCUT2D eigenvalue weighted by Gasteiger charge is -2.15.